The second-order valence-electron chi connectivity index (χ2n) is 6.70. The fourth-order valence-corrected chi connectivity index (χ4v) is 2.96. The largest absolute Gasteiger partial charge is 0.507 e. The molecule has 0 heterocycles. The van der Waals surface area contributed by atoms with E-state index in [4.69, 9.17) is 9.47 Å². The van der Waals surface area contributed by atoms with Gasteiger partial charge < -0.3 is 14.6 Å². The van der Waals surface area contributed by atoms with Crippen molar-refractivity contribution in [3.05, 3.63) is 113 Å². The number of hydrogen-bond acceptors (Lipinski definition) is 4. The number of aliphatic hydroxyl groups excluding tert-OH is 1. The van der Waals surface area contributed by atoms with Gasteiger partial charge in [-0.15, -0.1) is 0 Å². The number of carbonyl (C=O) groups is 1. The number of methoxy groups -OCH3 is 2. The molecule has 0 saturated heterocycles. The smallest absolute Gasteiger partial charge is 0.190 e. The first-order valence-corrected chi connectivity index (χ1v) is 9.78. The summed E-state index contributed by atoms with van der Waals surface area (Å²) in [4.78, 5) is 13.0. The summed E-state index contributed by atoms with van der Waals surface area (Å²) in [6.07, 6.45) is 6.45. The number of benzene rings is 3. The van der Waals surface area contributed by atoms with Crippen LogP contribution in [0.2, 0.25) is 0 Å². The summed E-state index contributed by atoms with van der Waals surface area (Å²) in [5.41, 5.74) is 2.61. The van der Waals surface area contributed by atoms with Gasteiger partial charge in [0.25, 0.3) is 0 Å². The Bertz CT molecular complexity index is 1090. The number of carbonyl (C=O) groups excluding carboxylic acids is 1. The van der Waals surface area contributed by atoms with E-state index < -0.39 is 0 Å². The third-order valence-electron chi connectivity index (χ3n) is 4.66. The molecule has 0 fully saturated rings. The molecule has 0 radical (unpaired) electrons. The van der Waals surface area contributed by atoms with Crippen molar-refractivity contribution in [2.45, 2.75) is 0 Å². The first-order valence-electron chi connectivity index (χ1n) is 9.78. The van der Waals surface area contributed by atoms with Gasteiger partial charge in [-0.3, -0.25) is 4.79 Å². The maximum absolute atomic E-state index is 13.0. The summed E-state index contributed by atoms with van der Waals surface area (Å²) < 4.78 is 10.3. The molecule has 0 saturated carbocycles. The molecule has 4 nitrogen and oxygen atoms in total. The number of ether oxygens (including phenoxy) is 2. The Morgan fingerprint density at radius 1 is 0.710 bits per heavy atom. The van der Waals surface area contributed by atoms with Crippen LogP contribution in [0.1, 0.15) is 16.7 Å². The lowest BCUT2D eigenvalue weighted by atomic mass is 9.99. The van der Waals surface area contributed by atoms with E-state index in [9.17, 15) is 9.90 Å². The highest BCUT2D eigenvalue weighted by atomic mass is 16.5. The van der Waals surface area contributed by atoms with Crippen molar-refractivity contribution in [3.8, 4) is 11.5 Å². The third kappa shape index (κ3) is 5.97. The van der Waals surface area contributed by atoms with Crippen molar-refractivity contribution in [2.24, 2.45) is 0 Å². The van der Waals surface area contributed by atoms with E-state index in [2.05, 4.69) is 0 Å². The third-order valence-corrected chi connectivity index (χ3v) is 4.66. The van der Waals surface area contributed by atoms with Gasteiger partial charge in [-0.1, -0.05) is 66.7 Å². The van der Waals surface area contributed by atoms with Crippen LogP contribution in [0.25, 0.3) is 17.7 Å². The predicted molar refractivity (Wildman–Crippen MR) is 125 cm³/mol. The molecular weight excluding hydrogens is 388 g/mol. The second-order valence-corrected chi connectivity index (χ2v) is 6.70. The average molecular weight is 412 g/mol. The lowest BCUT2D eigenvalue weighted by molar-refractivity contribution is -0.109. The summed E-state index contributed by atoms with van der Waals surface area (Å²) >= 11 is 0. The van der Waals surface area contributed by atoms with Crippen molar-refractivity contribution in [1.29, 1.82) is 0 Å². The number of rotatable bonds is 8. The normalized spacial score (nSPS) is 12.1. The maximum Gasteiger partial charge on any atom is 0.190 e. The Balaban J connectivity index is 1.89. The molecule has 3 aromatic carbocycles. The SMILES string of the molecule is COc1ccc(/C=C/C(=O)/C(=C(O)/C=C/c2ccc(OC)cc2)c2ccccc2)cc1. The molecule has 0 aliphatic carbocycles. The number of ketones is 1. The summed E-state index contributed by atoms with van der Waals surface area (Å²) in [5.74, 6) is 1.10. The maximum atomic E-state index is 13.0. The zero-order valence-electron chi connectivity index (χ0n) is 17.5. The minimum Gasteiger partial charge on any atom is -0.507 e. The summed E-state index contributed by atoms with van der Waals surface area (Å²) in [7, 11) is 3.21. The van der Waals surface area contributed by atoms with Gasteiger partial charge in [0.05, 0.1) is 19.8 Å². The predicted octanol–water partition coefficient (Wildman–Crippen LogP) is 5.97. The lowest BCUT2D eigenvalue weighted by Crippen LogP contribution is -2.01. The number of aliphatic hydroxyl groups is 1. The highest BCUT2D eigenvalue weighted by Crippen LogP contribution is 2.22. The van der Waals surface area contributed by atoms with Crippen LogP contribution in [0.15, 0.2) is 96.8 Å². The van der Waals surface area contributed by atoms with Gasteiger partial charge in [0.1, 0.15) is 17.3 Å². The molecule has 1 N–H and O–H groups in total. The molecular formula is C27H24O4. The van der Waals surface area contributed by atoms with Crippen molar-refractivity contribution < 1.29 is 19.4 Å². The molecule has 3 rings (SSSR count). The van der Waals surface area contributed by atoms with Crippen LogP contribution in [-0.2, 0) is 4.79 Å². The van der Waals surface area contributed by atoms with Crippen LogP contribution in [0.4, 0.5) is 0 Å². The molecule has 3 aromatic rings. The van der Waals surface area contributed by atoms with Crippen molar-refractivity contribution >= 4 is 23.5 Å². The first-order chi connectivity index (χ1) is 15.1. The molecule has 0 bridgehead atoms. The summed E-state index contributed by atoms with van der Waals surface area (Å²) in [6, 6.07) is 23.9. The van der Waals surface area contributed by atoms with Gasteiger partial charge in [-0.2, -0.15) is 0 Å². The molecule has 0 aromatic heterocycles. The molecule has 0 spiro atoms. The van der Waals surface area contributed by atoms with E-state index in [1.165, 1.54) is 12.2 Å². The van der Waals surface area contributed by atoms with Crippen LogP contribution in [0, 0.1) is 0 Å². The van der Waals surface area contributed by atoms with Crippen LogP contribution >= 0.6 is 0 Å². The van der Waals surface area contributed by atoms with Gasteiger partial charge in [0, 0.05) is 0 Å². The highest BCUT2D eigenvalue weighted by molar-refractivity contribution is 6.28. The van der Waals surface area contributed by atoms with E-state index in [1.807, 2.05) is 66.7 Å². The number of allylic oxidation sites excluding steroid dienone is 3. The molecule has 0 unspecified atom stereocenters. The van der Waals surface area contributed by atoms with E-state index in [1.54, 1.807) is 38.5 Å². The van der Waals surface area contributed by atoms with Gasteiger partial charge >= 0.3 is 0 Å². The summed E-state index contributed by atoms with van der Waals surface area (Å²) in [6.45, 7) is 0. The Morgan fingerprint density at radius 2 is 1.19 bits per heavy atom. The first kappa shape index (κ1) is 21.7. The van der Waals surface area contributed by atoms with Gasteiger partial charge in [-0.05, 0) is 53.1 Å². The summed E-state index contributed by atoms with van der Waals surface area (Å²) in [5, 5.41) is 10.8. The highest BCUT2D eigenvalue weighted by Gasteiger charge is 2.14. The van der Waals surface area contributed by atoms with E-state index in [0.29, 0.717) is 5.56 Å². The topological polar surface area (TPSA) is 55.8 Å². The Kier molecular flexibility index (Phi) is 7.44. The monoisotopic (exact) mass is 412 g/mol. The standard InChI is InChI=1S/C27H24O4/c1-30-23-14-8-20(9-15-23)12-18-25(28)27(22-6-4-3-5-7-22)26(29)19-13-21-10-16-24(31-2)17-11-21/h3-19,28H,1-2H3/b18-12+,19-13+,27-25-. The Morgan fingerprint density at radius 3 is 1.68 bits per heavy atom. The number of hydrogen-bond donors (Lipinski definition) is 1. The Labute approximate surface area is 182 Å². The van der Waals surface area contributed by atoms with Crippen molar-refractivity contribution in [1.82, 2.24) is 0 Å². The average Bonchev–Trinajstić information content (AvgIpc) is 2.83. The van der Waals surface area contributed by atoms with Crippen LogP contribution in [0.3, 0.4) is 0 Å². The molecule has 0 atom stereocenters. The molecule has 0 aliphatic heterocycles. The van der Waals surface area contributed by atoms with Gasteiger partial charge in [-0.25, -0.2) is 0 Å². The van der Waals surface area contributed by atoms with Crippen LogP contribution in [-0.4, -0.2) is 25.1 Å². The molecule has 0 aliphatic rings. The lowest BCUT2D eigenvalue weighted by Gasteiger charge is -2.07. The van der Waals surface area contributed by atoms with Crippen LogP contribution < -0.4 is 9.47 Å². The minimum atomic E-state index is -0.293. The molecule has 0 amide bonds. The zero-order valence-corrected chi connectivity index (χ0v) is 17.5. The van der Waals surface area contributed by atoms with Crippen molar-refractivity contribution in [2.75, 3.05) is 14.2 Å². The van der Waals surface area contributed by atoms with E-state index in [0.717, 1.165) is 22.6 Å². The fraction of sp³-hybridized carbons (Fsp3) is 0.0741. The molecule has 4 heteroatoms. The van der Waals surface area contributed by atoms with E-state index >= 15 is 0 Å². The minimum absolute atomic E-state index is 0.105. The molecule has 31 heavy (non-hydrogen) atoms. The van der Waals surface area contributed by atoms with Crippen LogP contribution in [0.5, 0.6) is 11.5 Å². The zero-order chi connectivity index (χ0) is 22.1. The van der Waals surface area contributed by atoms with Crippen molar-refractivity contribution in [3.63, 3.8) is 0 Å². The van der Waals surface area contributed by atoms with Gasteiger partial charge in [0.15, 0.2) is 5.78 Å². The quantitative estimate of drug-likeness (QED) is 0.281. The fourth-order valence-electron chi connectivity index (χ4n) is 2.96. The Hall–Kier alpha value is -4.05. The molecule has 156 valence electrons. The van der Waals surface area contributed by atoms with E-state index in [-0.39, 0.29) is 17.1 Å². The van der Waals surface area contributed by atoms with Gasteiger partial charge in [0.2, 0.25) is 0 Å². The second kappa shape index (κ2) is 10.6.